The van der Waals surface area contributed by atoms with Gasteiger partial charge in [-0.05, 0) is 36.4 Å². The van der Waals surface area contributed by atoms with Gasteiger partial charge in [-0.3, -0.25) is 9.59 Å². The summed E-state index contributed by atoms with van der Waals surface area (Å²) >= 11 is 1.63. The molecule has 0 aromatic carbocycles. The van der Waals surface area contributed by atoms with Crippen molar-refractivity contribution in [2.45, 2.75) is 32.0 Å². The molecule has 21 heavy (non-hydrogen) atoms. The van der Waals surface area contributed by atoms with Crippen LogP contribution in [0.2, 0.25) is 0 Å². The van der Waals surface area contributed by atoms with Crippen LogP contribution in [0.5, 0.6) is 0 Å². The summed E-state index contributed by atoms with van der Waals surface area (Å²) in [6.45, 7) is 0.408. The molecule has 2 aromatic rings. The summed E-state index contributed by atoms with van der Waals surface area (Å²) in [5.41, 5.74) is 0.445. The molecule has 110 valence electrons. The zero-order chi connectivity index (χ0) is 14.8. The lowest BCUT2D eigenvalue weighted by Gasteiger charge is -2.22. The molecule has 0 saturated heterocycles. The second kappa shape index (κ2) is 5.73. The molecule has 0 radical (unpaired) electrons. The zero-order valence-electron chi connectivity index (χ0n) is 11.4. The van der Waals surface area contributed by atoms with E-state index in [1.807, 2.05) is 22.4 Å². The SMILES string of the molecule is O=C(O)Cn1cccc1C(=O)N(Cc1cccs1)C1CC1. The first-order valence-corrected chi connectivity index (χ1v) is 7.73. The normalized spacial score (nSPS) is 14.1. The minimum absolute atomic E-state index is 0.0860. The number of amides is 1. The second-order valence-electron chi connectivity index (χ2n) is 5.16. The number of nitrogens with zero attached hydrogens (tertiary/aromatic N) is 2. The highest BCUT2D eigenvalue weighted by atomic mass is 32.1. The molecule has 0 unspecified atom stereocenters. The Bertz CT molecular complexity index is 644. The molecule has 1 N–H and O–H groups in total. The van der Waals surface area contributed by atoms with Crippen LogP contribution in [0.25, 0.3) is 0 Å². The number of carbonyl (C=O) groups is 2. The van der Waals surface area contributed by atoms with E-state index in [0.29, 0.717) is 12.2 Å². The van der Waals surface area contributed by atoms with Gasteiger partial charge in [0.25, 0.3) is 5.91 Å². The molecular weight excluding hydrogens is 288 g/mol. The van der Waals surface area contributed by atoms with E-state index in [1.54, 1.807) is 29.7 Å². The number of carbonyl (C=O) groups excluding carboxylic acids is 1. The van der Waals surface area contributed by atoms with Gasteiger partial charge in [-0.1, -0.05) is 6.07 Å². The fourth-order valence-corrected chi connectivity index (χ4v) is 3.07. The third-order valence-electron chi connectivity index (χ3n) is 3.51. The third kappa shape index (κ3) is 3.16. The summed E-state index contributed by atoms with van der Waals surface area (Å²) in [4.78, 5) is 26.6. The number of carboxylic acid groups (broad SMARTS) is 1. The molecule has 6 heteroatoms. The van der Waals surface area contributed by atoms with E-state index < -0.39 is 5.97 Å². The van der Waals surface area contributed by atoms with Crippen molar-refractivity contribution in [3.63, 3.8) is 0 Å². The standard InChI is InChI=1S/C15H16N2O3S/c18-14(19)10-16-7-1-4-13(16)15(20)17(11-5-6-11)9-12-3-2-8-21-12/h1-4,7-8,11H,5-6,9-10H2,(H,18,19). The fourth-order valence-electron chi connectivity index (χ4n) is 2.36. The minimum Gasteiger partial charge on any atom is -0.480 e. The summed E-state index contributed by atoms with van der Waals surface area (Å²) in [6.07, 6.45) is 3.69. The van der Waals surface area contributed by atoms with Crippen molar-refractivity contribution in [2.75, 3.05) is 0 Å². The molecule has 0 spiro atoms. The number of hydrogen-bond acceptors (Lipinski definition) is 3. The van der Waals surface area contributed by atoms with Crippen LogP contribution in [0.1, 0.15) is 28.2 Å². The van der Waals surface area contributed by atoms with Crippen molar-refractivity contribution in [3.05, 3.63) is 46.4 Å². The molecule has 1 amide bonds. The van der Waals surface area contributed by atoms with Crippen LogP contribution in [0, 0.1) is 0 Å². The summed E-state index contributed by atoms with van der Waals surface area (Å²) in [6, 6.07) is 7.68. The van der Waals surface area contributed by atoms with E-state index in [1.165, 1.54) is 4.57 Å². The highest BCUT2D eigenvalue weighted by Gasteiger charge is 2.34. The number of carboxylic acids is 1. The Morgan fingerprint density at radius 2 is 2.14 bits per heavy atom. The van der Waals surface area contributed by atoms with Crippen LogP contribution in [0.3, 0.4) is 0 Å². The Balaban J connectivity index is 1.81. The molecule has 0 bridgehead atoms. The van der Waals surface area contributed by atoms with Crippen LogP contribution in [0.15, 0.2) is 35.8 Å². The van der Waals surface area contributed by atoms with Gasteiger partial charge in [0.15, 0.2) is 0 Å². The van der Waals surface area contributed by atoms with E-state index in [4.69, 9.17) is 5.11 Å². The Kier molecular flexibility index (Phi) is 3.79. The number of aromatic nitrogens is 1. The van der Waals surface area contributed by atoms with Crippen molar-refractivity contribution < 1.29 is 14.7 Å². The molecule has 2 aromatic heterocycles. The molecule has 3 rings (SSSR count). The molecule has 2 heterocycles. The third-order valence-corrected chi connectivity index (χ3v) is 4.37. The van der Waals surface area contributed by atoms with Crippen molar-refractivity contribution in [1.29, 1.82) is 0 Å². The van der Waals surface area contributed by atoms with E-state index >= 15 is 0 Å². The lowest BCUT2D eigenvalue weighted by atomic mass is 10.3. The van der Waals surface area contributed by atoms with Gasteiger partial charge in [0, 0.05) is 17.1 Å². The predicted octanol–water partition coefficient (Wildman–Crippen LogP) is 2.44. The summed E-state index contributed by atoms with van der Waals surface area (Å²) in [5, 5.41) is 10.9. The first kappa shape index (κ1) is 13.9. The summed E-state index contributed by atoms with van der Waals surface area (Å²) in [7, 11) is 0. The van der Waals surface area contributed by atoms with E-state index in [2.05, 4.69) is 0 Å². The Morgan fingerprint density at radius 3 is 2.76 bits per heavy atom. The number of rotatable bonds is 6. The molecule has 0 atom stereocenters. The monoisotopic (exact) mass is 304 g/mol. The topological polar surface area (TPSA) is 62.5 Å². The van der Waals surface area contributed by atoms with Crippen molar-refractivity contribution in [3.8, 4) is 0 Å². The molecule has 1 saturated carbocycles. The van der Waals surface area contributed by atoms with E-state index in [9.17, 15) is 9.59 Å². The van der Waals surface area contributed by atoms with Crippen LogP contribution < -0.4 is 0 Å². The lowest BCUT2D eigenvalue weighted by Crippen LogP contribution is -2.34. The first-order valence-electron chi connectivity index (χ1n) is 6.85. The Labute approximate surface area is 126 Å². The van der Waals surface area contributed by atoms with Crippen molar-refractivity contribution >= 4 is 23.2 Å². The van der Waals surface area contributed by atoms with Gasteiger partial charge in [0.05, 0.1) is 6.54 Å². The zero-order valence-corrected chi connectivity index (χ0v) is 12.3. The summed E-state index contributed by atoms with van der Waals surface area (Å²) < 4.78 is 1.49. The molecule has 0 aliphatic heterocycles. The number of thiophene rings is 1. The van der Waals surface area contributed by atoms with Crippen LogP contribution in [-0.2, 0) is 17.9 Å². The molecule has 5 nitrogen and oxygen atoms in total. The average Bonchev–Trinajstić information content (AvgIpc) is 2.97. The van der Waals surface area contributed by atoms with Gasteiger partial charge >= 0.3 is 5.97 Å². The quantitative estimate of drug-likeness (QED) is 0.891. The fraction of sp³-hybridized carbons (Fsp3) is 0.333. The largest absolute Gasteiger partial charge is 0.480 e. The smallest absolute Gasteiger partial charge is 0.323 e. The Hall–Kier alpha value is -2.08. The molecule has 1 aliphatic carbocycles. The second-order valence-corrected chi connectivity index (χ2v) is 6.19. The highest BCUT2D eigenvalue weighted by molar-refractivity contribution is 7.09. The summed E-state index contributed by atoms with van der Waals surface area (Å²) in [5.74, 6) is -1.03. The predicted molar refractivity (Wildman–Crippen MR) is 79.3 cm³/mol. The minimum atomic E-state index is -0.948. The van der Waals surface area contributed by atoms with Crippen molar-refractivity contribution in [2.24, 2.45) is 0 Å². The van der Waals surface area contributed by atoms with Crippen LogP contribution in [-0.4, -0.2) is 32.5 Å². The average molecular weight is 304 g/mol. The molecule has 1 fully saturated rings. The van der Waals surface area contributed by atoms with Gasteiger partial charge in [-0.25, -0.2) is 0 Å². The van der Waals surface area contributed by atoms with Crippen molar-refractivity contribution in [1.82, 2.24) is 9.47 Å². The highest BCUT2D eigenvalue weighted by Crippen LogP contribution is 2.30. The van der Waals surface area contributed by atoms with E-state index in [0.717, 1.165) is 17.7 Å². The van der Waals surface area contributed by atoms with E-state index in [-0.39, 0.29) is 18.5 Å². The Morgan fingerprint density at radius 1 is 1.33 bits per heavy atom. The lowest BCUT2D eigenvalue weighted by molar-refractivity contribution is -0.137. The van der Waals surface area contributed by atoms with Gasteiger partial charge in [0.1, 0.15) is 12.2 Å². The molecule has 1 aliphatic rings. The van der Waals surface area contributed by atoms with Gasteiger partial charge < -0.3 is 14.6 Å². The number of aliphatic carboxylic acids is 1. The van der Waals surface area contributed by atoms with Crippen LogP contribution in [0.4, 0.5) is 0 Å². The maximum absolute atomic E-state index is 12.7. The van der Waals surface area contributed by atoms with Gasteiger partial charge in [-0.2, -0.15) is 0 Å². The number of hydrogen-bond donors (Lipinski definition) is 1. The van der Waals surface area contributed by atoms with Gasteiger partial charge in [0.2, 0.25) is 0 Å². The van der Waals surface area contributed by atoms with Gasteiger partial charge in [-0.15, -0.1) is 11.3 Å². The van der Waals surface area contributed by atoms with Crippen LogP contribution >= 0.6 is 11.3 Å². The molecular formula is C15H16N2O3S. The maximum Gasteiger partial charge on any atom is 0.323 e. The maximum atomic E-state index is 12.7. The first-order chi connectivity index (χ1) is 10.1.